The number of carbonyl (C=O) groups is 1. The third kappa shape index (κ3) is 6.19. The van der Waals surface area contributed by atoms with Crippen molar-refractivity contribution < 1.29 is 14.0 Å². The molecule has 0 bridgehead atoms. The molecule has 3 rings (SSSR count). The molecule has 0 aromatic heterocycles. The van der Waals surface area contributed by atoms with E-state index in [4.69, 9.17) is 15.6 Å². The summed E-state index contributed by atoms with van der Waals surface area (Å²) in [6, 6.07) is 21.1. The standard InChI is InChI=1S/C32H42O3Si2/c1-10-32(23-21-26(33)22-24-36(7,8)9)29(31(5,6)25-34-32)35-37(30(2,3)4,27-17-13-11-14-18-27)28-19-15-12-16-20-28/h1,11-20,29H,21,23,25H2,2-9H3/t29-,32+/m1/s1. The van der Waals surface area contributed by atoms with E-state index in [-0.39, 0.29) is 22.7 Å². The van der Waals surface area contributed by atoms with Crippen LogP contribution in [0.4, 0.5) is 0 Å². The Kier molecular flexibility index (Phi) is 8.47. The molecule has 1 aliphatic heterocycles. The molecule has 196 valence electrons. The normalized spacial score (nSPS) is 21.5. The fraction of sp³-hybridized carbons (Fsp3) is 0.469. The lowest BCUT2D eigenvalue weighted by molar-refractivity contribution is -0.115. The van der Waals surface area contributed by atoms with Gasteiger partial charge in [0.2, 0.25) is 5.78 Å². The van der Waals surface area contributed by atoms with Crippen molar-refractivity contribution in [2.75, 3.05) is 6.61 Å². The molecular formula is C32H42O3Si2. The summed E-state index contributed by atoms with van der Waals surface area (Å²) in [6.45, 7) is 17.9. The predicted octanol–water partition coefficient (Wildman–Crippen LogP) is 5.59. The second-order valence-corrected chi connectivity index (χ2v) is 21.9. The summed E-state index contributed by atoms with van der Waals surface area (Å²) in [5.41, 5.74) is 1.83. The molecule has 1 saturated heterocycles. The van der Waals surface area contributed by atoms with Gasteiger partial charge < -0.3 is 9.16 Å². The van der Waals surface area contributed by atoms with Crippen molar-refractivity contribution in [3.8, 4) is 23.8 Å². The molecule has 3 nitrogen and oxygen atoms in total. The number of hydrogen-bond donors (Lipinski definition) is 0. The van der Waals surface area contributed by atoms with E-state index in [9.17, 15) is 4.79 Å². The molecule has 1 fully saturated rings. The molecule has 0 aliphatic carbocycles. The van der Waals surface area contributed by atoms with Crippen LogP contribution in [0, 0.1) is 29.2 Å². The predicted molar refractivity (Wildman–Crippen MR) is 159 cm³/mol. The maximum atomic E-state index is 12.8. The van der Waals surface area contributed by atoms with Crippen molar-refractivity contribution >= 4 is 32.5 Å². The first-order valence-electron chi connectivity index (χ1n) is 13.1. The van der Waals surface area contributed by atoms with Gasteiger partial charge in [-0.2, -0.15) is 0 Å². The van der Waals surface area contributed by atoms with Crippen LogP contribution in [0.1, 0.15) is 47.5 Å². The second kappa shape index (κ2) is 10.8. The van der Waals surface area contributed by atoms with E-state index >= 15 is 0 Å². The van der Waals surface area contributed by atoms with Crippen molar-refractivity contribution in [1.82, 2.24) is 0 Å². The third-order valence-corrected chi connectivity index (χ3v) is 13.0. The highest BCUT2D eigenvalue weighted by Crippen LogP contribution is 2.48. The molecule has 0 unspecified atom stereocenters. The highest BCUT2D eigenvalue weighted by molar-refractivity contribution is 6.99. The van der Waals surface area contributed by atoms with Crippen LogP contribution < -0.4 is 10.4 Å². The topological polar surface area (TPSA) is 35.5 Å². The largest absolute Gasteiger partial charge is 0.400 e. The van der Waals surface area contributed by atoms with Crippen molar-refractivity contribution in [3.63, 3.8) is 0 Å². The first kappa shape index (κ1) is 29.1. The van der Waals surface area contributed by atoms with Gasteiger partial charge in [-0.1, -0.05) is 121 Å². The van der Waals surface area contributed by atoms with Gasteiger partial charge in [0.05, 0.1) is 12.7 Å². The van der Waals surface area contributed by atoms with Gasteiger partial charge in [-0.05, 0) is 27.8 Å². The van der Waals surface area contributed by atoms with Crippen molar-refractivity contribution in [3.05, 3.63) is 60.7 Å². The molecule has 0 amide bonds. The zero-order valence-corrected chi connectivity index (χ0v) is 25.8. The van der Waals surface area contributed by atoms with E-state index in [0.29, 0.717) is 13.0 Å². The van der Waals surface area contributed by atoms with Gasteiger partial charge in [0.25, 0.3) is 8.32 Å². The van der Waals surface area contributed by atoms with Crippen LogP contribution in [0.2, 0.25) is 24.7 Å². The summed E-state index contributed by atoms with van der Waals surface area (Å²) in [5.74, 6) is 5.75. The summed E-state index contributed by atoms with van der Waals surface area (Å²) < 4.78 is 13.9. The van der Waals surface area contributed by atoms with E-state index in [1.165, 1.54) is 10.4 Å². The molecule has 0 radical (unpaired) electrons. The lowest BCUT2D eigenvalue weighted by Gasteiger charge is -2.48. The molecular weight excluding hydrogens is 489 g/mol. The Morgan fingerprint density at radius 1 is 1.03 bits per heavy atom. The molecule has 2 aromatic carbocycles. The number of ketones is 1. The number of carbonyl (C=O) groups excluding carboxylic acids is 1. The summed E-state index contributed by atoms with van der Waals surface area (Å²) in [5, 5.41) is 2.19. The van der Waals surface area contributed by atoms with Crippen LogP contribution in [-0.4, -0.2) is 40.5 Å². The molecule has 1 heterocycles. The number of hydrogen-bond acceptors (Lipinski definition) is 3. The van der Waals surface area contributed by atoms with Gasteiger partial charge in [0.15, 0.2) is 5.60 Å². The molecule has 5 heteroatoms. The van der Waals surface area contributed by atoms with Crippen LogP contribution in [0.25, 0.3) is 0 Å². The van der Waals surface area contributed by atoms with E-state index in [1.807, 2.05) is 12.1 Å². The molecule has 1 aliphatic rings. The van der Waals surface area contributed by atoms with Gasteiger partial charge in [-0.25, -0.2) is 0 Å². The summed E-state index contributed by atoms with van der Waals surface area (Å²) in [7, 11) is -4.53. The highest BCUT2D eigenvalue weighted by atomic mass is 28.4. The van der Waals surface area contributed by atoms with E-state index in [0.717, 1.165) is 0 Å². The van der Waals surface area contributed by atoms with Gasteiger partial charge >= 0.3 is 0 Å². The molecule has 37 heavy (non-hydrogen) atoms. The fourth-order valence-corrected chi connectivity index (χ4v) is 10.6. The van der Waals surface area contributed by atoms with Gasteiger partial charge in [0, 0.05) is 11.8 Å². The van der Waals surface area contributed by atoms with Crippen LogP contribution >= 0.6 is 0 Å². The Morgan fingerprint density at radius 2 is 1.54 bits per heavy atom. The summed E-state index contributed by atoms with van der Waals surface area (Å²) in [4.78, 5) is 12.8. The Morgan fingerprint density at radius 3 is 1.97 bits per heavy atom. The van der Waals surface area contributed by atoms with E-state index in [2.05, 4.69) is 120 Å². The second-order valence-electron chi connectivity index (χ2n) is 12.9. The number of Topliss-reactive ketones (excluding diaryl/α,β-unsaturated/α-hetero) is 1. The van der Waals surface area contributed by atoms with E-state index in [1.54, 1.807) is 0 Å². The van der Waals surface area contributed by atoms with Gasteiger partial charge in [-0.3, -0.25) is 4.79 Å². The summed E-state index contributed by atoms with van der Waals surface area (Å²) in [6.07, 6.45) is 6.47. The number of benzene rings is 2. The zero-order valence-electron chi connectivity index (χ0n) is 23.8. The van der Waals surface area contributed by atoms with Crippen molar-refractivity contribution in [1.29, 1.82) is 0 Å². The highest BCUT2D eigenvalue weighted by Gasteiger charge is 2.60. The molecule has 0 N–H and O–H groups in total. The van der Waals surface area contributed by atoms with Crippen LogP contribution in [0.15, 0.2) is 60.7 Å². The van der Waals surface area contributed by atoms with Crippen molar-refractivity contribution in [2.24, 2.45) is 5.41 Å². The zero-order chi connectivity index (χ0) is 27.5. The minimum atomic E-state index is -2.89. The Bertz CT molecular complexity index is 1150. The third-order valence-electron chi connectivity index (χ3n) is 7.09. The minimum Gasteiger partial charge on any atom is -0.400 e. The molecule has 0 saturated carbocycles. The number of terminal acetylenes is 1. The molecule has 0 spiro atoms. The quantitative estimate of drug-likeness (QED) is 0.346. The number of ether oxygens (including phenoxy) is 1. The maximum absolute atomic E-state index is 12.8. The first-order chi connectivity index (χ1) is 17.2. The Hall–Kier alpha value is -2.42. The maximum Gasteiger partial charge on any atom is 0.261 e. The fourth-order valence-electron chi connectivity index (χ4n) is 5.23. The average Bonchev–Trinajstić information content (AvgIpc) is 3.09. The van der Waals surface area contributed by atoms with Crippen LogP contribution in [0.3, 0.4) is 0 Å². The first-order valence-corrected chi connectivity index (χ1v) is 18.5. The van der Waals surface area contributed by atoms with Gasteiger partial charge in [0.1, 0.15) is 8.07 Å². The Balaban J connectivity index is 2.12. The van der Waals surface area contributed by atoms with Crippen LogP contribution in [0.5, 0.6) is 0 Å². The van der Waals surface area contributed by atoms with Crippen molar-refractivity contribution in [2.45, 2.75) is 83.8 Å². The minimum absolute atomic E-state index is 0.0884. The van der Waals surface area contributed by atoms with Crippen LogP contribution in [-0.2, 0) is 14.0 Å². The lowest BCUT2D eigenvalue weighted by Crippen LogP contribution is -2.70. The number of rotatable bonds is 7. The smallest absolute Gasteiger partial charge is 0.261 e. The Labute approximate surface area is 226 Å². The van der Waals surface area contributed by atoms with Gasteiger partial charge in [-0.15, -0.1) is 12.0 Å². The van der Waals surface area contributed by atoms with E-state index < -0.39 is 28.1 Å². The molecule has 2 aromatic rings. The lowest BCUT2D eigenvalue weighted by atomic mass is 9.79. The average molecular weight is 531 g/mol. The molecule has 2 atom stereocenters. The summed E-state index contributed by atoms with van der Waals surface area (Å²) >= 11 is 0. The SMILES string of the molecule is C#C[C@@]1(CCC(=O)C#C[Si](C)(C)C)OCC(C)(C)[C@H]1O[Si](c1ccccc1)(c1ccccc1)C(C)(C)C. The monoisotopic (exact) mass is 530 g/mol.